The molecule has 0 aromatic carbocycles. The molecule has 1 unspecified atom stereocenters. The second kappa shape index (κ2) is 7.05. The molecular formula is C16H28N4O4S. The molecular weight excluding hydrogens is 344 g/mol. The maximum absolute atomic E-state index is 12.8. The van der Waals surface area contributed by atoms with E-state index >= 15 is 0 Å². The van der Waals surface area contributed by atoms with Gasteiger partial charge in [0.05, 0.1) is 6.04 Å². The molecule has 9 heteroatoms. The number of amides is 1. The van der Waals surface area contributed by atoms with Gasteiger partial charge >= 0.3 is 0 Å². The summed E-state index contributed by atoms with van der Waals surface area (Å²) in [5, 5.41) is 6.70. The van der Waals surface area contributed by atoms with Crippen LogP contribution in [-0.2, 0) is 14.8 Å². The van der Waals surface area contributed by atoms with E-state index in [9.17, 15) is 13.2 Å². The van der Waals surface area contributed by atoms with E-state index in [-0.39, 0.29) is 22.4 Å². The molecule has 1 amide bonds. The zero-order chi connectivity index (χ0) is 19.0. The normalized spacial score (nSPS) is 19.0. The van der Waals surface area contributed by atoms with Crippen molar-refractivity contribution >= 4 is 15.9 Å². The number of aromatic nitrogens is 1. The predicted molar refractivity (Wildman–Crippen MR) is 93.7 cm³/mol. The molecule has 1 atom stereocenters. The Bertz CT molecular complexity index is 708. The summed E-state index contributed by atoms with van der Waals surface area (Å²) < 4.78 is 32.1. The molecule has 8 nitrogen and oxygen atoms in total. The number of nitrogens with zero attached hydrogens (tertiary/aromatic N) is 3. The van der Waals surface area contributed by atoms with E-state index in [4.69, 9.17) is 4.52 Å². The van der Waals surface area contributed by atoms with Crippen LogP contribution in [0.4, 0.5) is 0 Å². The van der Waals surface area contributed by atoms with Gasteiger partial charge < -0.3 is 9.84 Å². The smallest absolute Gasteiger partial charge is 0.248 e. The SMILES string of the molecule is Cc1noc(C)c1S(=O)(=O)N1CCN(C(C)C(=O)NC(C)(C)C)CC1. The Balaban J connectivity index is 2.03. The summed E-state index contributed by atoms with van der Waals surface area (Å²) in [7, 11) is -3.63. The summed E-state index contributed by atoms with van der Waals surface area (Å²) in [6.45, 7) is 12.5. The van der Waals surface area contributed by atoms with E-state index in [0.29, 0.717) is 37.6 Å². The maximum atomic E-state index is 12.8. The van der Waals surface area contributed by atoms with Gasteiger partial charge in [-0.15, -0.1) is 0 Å². The first-order valence-electron chi connectivity index (χ1n) is 8.42. The van der Waals surface area contributed by atoms with Crippen molar-refractivity contribution in [2.75, 3.05) is 26.2 Å². The van der Waals surface area contributed by atoms with Crippen LogP contribution in [0.2, 0.25) is 0 Å². The number of aryl methyl sites for hydroxylation is 2. The number of piperazine rings is 1. The third kappa shape index (κ3) is 4.39. The average Bonchev–Trinajstić information content (AvgIpc) is 2.84. The van der Waals surface area contributed by atoms with Crippen molar-refractivity contribution in [2.45, 2.75) is 58.0 Å². The molecule has 0 bridgehead atoms. The minimum Gasteiger partial charge on any atom is -0.360 e. The number of hydrogen-bond donors (Lipinski definition) is 1. The molecule has 2 rings (SSSR count). The van der Waals surface area contributed by atoms with Gasteiger partial charge in [0.15, 0.2) is 5.76 Å². The summed E-state index contributed by atoms with van der Waals surface area (Å²) in [6.07, 6.45) is 0. The van der Waals surface area contributed by atoms with Crippen LogP contribution in [0.15, 0.2) is 9.42 Å². The van der Waals surface area contributed by atoms with E-state index in [1.165, 1.54) is 4.31 Å². The lowest BCUT2D eigenvalue weighted by molar-refractivity contribution is -0.127. The summed E-state index contributed by atoms with van der Waals surface area (Å²) in [5.74, 6) is 0.257. The van der Waals surface area contributed by atoms with Crippen LogP contribution in [0.25, 0.3) is 0 Å². The Kier molecular flexibility index (Phi) is 5.60. The van der Waals surface area contributed by atoms with Crippen LogP contribution < -0.4 is 5.32 Å². The van der Waals surface area contributed by atoms with Crippen molar-refractivity contribution in [1.82, 2.24) is 19.7 Å². The first-order valence-corrected chi connectivity index (χ1v) is 9.86. The number of carbonyl (C=O) groups excluding carboxylic acids is 1. The van der Waals surface area contributed by atoms with E-state index in [0.717, 1.165) is 0 Å². The zero-order valence-electron chi connectivity index (χ0n) is 15.8. The van der Waals surface area contributed by atoms with Gasteiger partial charge in [-0.25, -0.2) is 8.42 Å². The molecule has 1 aliphatic rings. The van der Waals surface area contributed by atoms with Crippen molar-refractivity contribution in [3.05, 3.63) is 11.5 Å². The number of carbonyl (C=O) groups is 1. The van der Waals surface area contributed by atoms with Crippen LogP contribution in [0, 0.1) is 13.8 Å². The standard InChI is InChI=1S/C16H28N4O4S/c1-11-14(13(3)24-18-11)25(22,23)20-9-7-19(8-10-20)12(2)15(21)17-16(4,5)6/h12H,7-10H2,1-6H3,(H,17,21). The first-order chi connectivity index (χ1) is 11.4. The molecule has 2 heterocycles. The lowest BCUT2D eigenvalue weighted by atomic mass is 10.1. The number of hydrogen-bond acceptors (Lipinski definition) is 6. The highest BCUT2D eigenvalue weighted by Gasteiger charge is 2.35. The molecule has 0 aliphatic carbocycles. The summed E-state index contributed by atoms with van der Waals surface area (Å²) >= 11 is 0. The maximum Gasteiger partial charge on any atom is 0.248 e. The molecule has 0 spiro atoms. The molecule has 0 saturated carbocycles. The molecule has 142 valence electrons. The zero-order valence-corrected chi connectivity index (χ0v) is 16.6. The topological polar surface area (TPSA) is 95.8 Å². The van der Waals surface area contributed by atoms with E-state index in [1.807, 2.05) is 32.6 Å². The van der Waals surface area contributed by atoms with Gasteiger partial charge in [0.1, 0.15) is 10.6 Å². The molecule has 1 aromatic heterocycles. The van der Waals surface area contributed by atoms with Crippen molar-refractivity contribution in [3.8, 4) is 0 Å². The molecule has 1 N–H and O–H groups in total. The lowest BCUT2D eigenvalue weighted by Crippen LogP contribution is -2.56. The Labute approximate surface area is 149 Å². The fourth-order valence-electron chi connectivity index (χ4n) is 2.94. The minimum atomic E-state index is -3.63. The van der Waals surface area contributed by atoms with Gasteiger partial charge in [-0.2, -0.15) is 4.31 Å². The quantitative estimate of drug-likeness (QED) is 0.844. The van der Waals surface area contributed by atoms with Crippen LogP contribution in [0.3, 0.4) is 0 Å². The number of nitrogens with one attached hydrogen (secondary N) is 1. The summed E-state index contributed by atoms with van der Waals surface area (Å²) in [4.78, 5) is 14.5. The monoisotopic (exact) mass is 372 g/mol. The van der Waals surface area contributed by atoms with E-state index in [2.05, 4.69) is 10.5 Å². The van der Waals surface area contributed by atoms with Gasteiger partial charge in [-0.3, -0.25) is 9.69 Å². The number of sulfonamides is 1. The van der Waals surface area contributed by atoms with Crippen LogP contribution in [0.5, 0.6) is 0 Å². The van der Waals surface area contributed by atoms with Crippen LogP contribution in [-0.4, -0.2) is 66.4 Å². The molecule has 1 aromatic rings. The fraction of sp³-hybridized carbons (Fsp3) is 0.750. The van der Waals surface area contributed by atoms with E-state index < -0.39 is 10.0 Å². The van der Waals surface area contributed by atoms with Crippen molar-refractivity contribution in [2.24, 2.45) is 0 Å². The Morgan fingerprint density at radius 1 is 1.20 bits per heavy atom. The minimum absolute atomic E-state index is 0.0467. The first kappa shape index (κ1) is 19.9. The molecule has 25 heavy (non-hydrogen) atoms. The second-order valence-corrected chi connectivity index (χ2v) is 9.38. The van der Waals surface area contributed by atoms with Crippen molar-refractivity contribution < 1.29 is 17.7 Å². The largest absolute Gasteiger partial charge is 0.360 e. The highest BCUT2D eigenvalue weighted by Crippen LogP contribution is 2.24. The molecule has 1 aliphatic heterocycles. The van der Waals surface area contributed by atoms with Gasteiger partial charge in [-0.1, -0.05) is 5.16 Å². The third-order valence-corrected chi connectivity index (χ3v) is 6.41. The highest BCUT2D eigenvalue weighted by molar-refractivity contribution is 7.89. The molecule has 1 fully saturated rings. The van der Waals surface area contributed by atoms with Crippen LogP contribution in [0.1, 0.15) is 39.1 Å². The van der Waals surface area contributed by atoms with Gasteiger partial charge in [0.2, 0.25) is 15.9 Å². The second-order valence-electron chi connectivity index (χ2n) is 7.51. The van der Waals surface area contributed by atoms with Gasteiger partial charge in [0.25, 0.3) is 0 Å². The Morgan fingerprint density at radius 2 is 1.76 bits per heavy atom. The van der Waals surface area contributed by atoms with Gasteiger partial charge in [0, 0.05) is 31.7 Å². The Morgan fingerprint density at radius 3 is 2.20 bits per heavy atom. The number of rotatable bonds is 4. The summed E-state index contributed by atoms with van der Waals surface area (Å²) in [5.41, 5.74) is 0.0812. The molecule has 0 radical (unpaired) electrons. The third-order valence-electron chi connectivity index (χ3n) is 4.26. The Hall–Kier alpha value is -1.45. The van der Waals surface area contributed by atoms with Crippen molar-refractivity contribution in [3.63, 3.8) is 0 Å². The summed E-state index contributed by atoms with van der Waals surface area (Å²) in [6, 6.07) is -0.303. The van der Waals surface area contributed by atoms with Crippen molar-refractivity contribution in [1.29, 1.82) is 0 Å². The van der Waals surface area contributed by atoms with Crippen LogP contribution >= 0.6 is 0 Å². The van der Waals surface area contributed by atoms with Gasteiger partial charge in [-0.05, 0) is 41.5 Å². The average molecular weight is 372 g/mol. The lowest BCUT2D eigenvalue weighted by Gasteiger charge is -2.37. The van der Waals surface area contributed by atoms with E-state index in [1.54, 1.807) is 13.8 Å². The predicted octanol–water partition coefficient (Wildman–Crippen LogP) is 0.901. The highest BCUT2D eigenvalue weighted by atomic mass is 32.2. The molecule has 1 saturated heterocycles. The fourth-order valence-corrected chi connectivity index (χ4v) is 4.66.